The number of benzene rings is 2. The number of pyridine rings is 1. The van der Waals surface area contributed by atoms with Gasteiger partial charge in [0.05, 0.1) is 5.52 Å². The second-order valence-electron chi connectivity index (χ2n) is 10.1. The zero-order valence-corrected chi connectivity index (χ0v) is 20.1. The van der Waals surface area contributed by atoms with E-state index < -0.39 is 0 Å². The number of carbonyl (C=O) groups excluding carboxylic acids is 1. The Morgan fingerprint density at radius 3 is 2.48 bits per heavy atom. The van der Waals surface area contributed by atoms with Gasteiger partial charge in [-0.1, -0.05) is 51.0 Å². The Labute approximate surface area is 197 Å². The van der Waals surface area contributed by atoms with Gasteiger partial charge in [-0.3, -0.25) is 9.78 Å². The van der Waals surface area contributed by atoms with Crippen molar-refractivity contribution in [2.75, 3.05) is 12.4 Å². The number of fused-ring (bicyclic) bond motifs is 1. The number of rotatable bonds is 4. The van der Waals surface area contributed by atoms with Crippen LogP contribution in [0.15, 0.2) is 54.6 Å². The quantitative estimate of drug-likeness (QED) is 0.507. The lowest BCUT2D eigenvalue weighted by Crippen LogP contribution is -2.41. The van der Waals surface area contributed by atoms with Crippen molar-refractivity contribution in [3.8, 4) is 12.3 Å². The monoisotopic (exact) mass is 439 g/mol. The summed E-state index contributed by atoms with van der Waals surface area (Å²) in [6, 6.07) is 18.5. The molecule has 4 nitrogen and oxygen atoms in total. The van der Waals surface area contributed by atoms with Crippen LogP contribution in [-0.2, 0) is 5.41 Å². The van der Waals surface area contributed by atoms with E-state index in [4.69, 9.17) is 11.4 Å². The third-order valence-corrected chi connectivity index (χ3v) is 6.69. The van der Waals surface area contributed by atoms with Gasteiger partial charge in [0.25, 0.3) is 5.91 Å². The van der Waals surface area contributed by atoms with Crippen molar-refractivity contribution in [2.24, 2.45) is 0 Å². The molecule has 1 aliphatic carbocycles. The van der Waals surface area contributed by atoms with E-state index in [0.29, 0.717) is 11.6 Å². The predicted molar refractivity (Wildman–Crippen MR) is 137 cm³/mol. The van der Waals surface area contributed by atoms with Crippen LogP contribution in [0.5, 0.6) is 0 Å². The molecule has 0 saturated heterocycles. The average molecular weight is 440 g/mol. The number of hydrogen-bond donors (Lipinski definition) is 1. The highest BCUT2D eigenvalue weighted by Crippen LogP contribution is 2.32. The second-order valence-corrected chi connectivity index (χ2v) is 10.1. The van der Waals surface area contributed by atoms with E-state index in [1.807, 2.05) is 36.2 Å². The SMILES string of the molecule is C#Cc1cccc(C(=O)N(C)C2CCC(Nc3cc(C(C)(C)C)nc4ccccc34)CC2)c1. The van der Waals surface area contributed by atoms with Crippen LogP contribution in [0, 0.1) is 12.3 Å². The molecule has 1 saturated carbocycles. The molecule has 0 spiro atoms. The average Bonchev–Trinajstić information content (AvgIpc) is 2.83. The van der Waals surface area contributed by atoms with Crippen molar-refractivity contribution < 1.29 is 4.79 Å². The Kier molecular flexibility index (Phi) is 6.42. The molecule has 1 N–H and O–H groups in total. The normalized spacial score (nSPS) is 18.5. The molecule has 1 aromatic heterocycles. The lowest BCUT2D eigenvalue weighted by Gasteiger charge is -2.35. The lowest BCUT2D eigenvalue weighted by molar-refractivity contribution is 0.0692. The van der Waals surface area contributed by atoms with Gasteiger partial charge in [0.1, 0.15) is 0 Å². The molecular formula is C29H33N3O. The van der Waals surface area contributed by atoms with Crippen LogP contribution in [0.4, 0.5) is 5.69 Å². The minimum Gasteiger partial charge on any atom is -0.382 e. The van der Waals surface area contributed by atoms with E-state index in [1.54, 1.807) is 6.07 Å². The van der Waals surface area contributed by atoms with Crippen LogP contribution in [-0.4, -0.2) is 34.9 Å². The molecular weight excluding hydrogens is 406 g/mol. The summed E-state index contributed by atoms with van der Waals surface area (Å²) in [5.41, 5.74) is 4.66. The number of para-hydroxylation sites is 1. The molecule has 1 heterocycles. The fraction of sp³-hybridized carbons (Fsp3) is 0.379. The molecule has 1 fully saturated rings. The summed E-state index contributed by atoms with van der Waals surface area (Å²) in [6.45, 7) is 6.60. The van der Waals surface area contributed by atoms with Crippen LogP contribution in [0.1, 0.15) is 68.1 Å². The van der Waals surface area contributed by atoms with Gasteiger partial charge in [0.15, 0.2) is 0 Å². The largest absolute Gasteiger partial charge is 0.382 e. The molecule has 3 aromatic rings. The third-order valence-electron chi connectivity index (χ3n) is 6.69. The van der Waals surface area contributed by atoms with Crippen LogP contribution in [0.2, 0.25) is 0 Å². The highest BCUT2D eigenvalue weighted by molar-refractivity contribution is 5.94. The van der Waals surface area contributed by atoms with Crippen LogP contribution in [0.25, 0.3) is 10.9 Å². The summed E-state index contributed by atoms with van der Waals surface area (Å²) in [7, 11) is 1.91. The molecule has 0 bridgehead atoms. The number of carbonyl (C=O) groups is 1. The number of amides is 1. The van der Waals surface area contributed by atoms with E-state index in [2.05, 4.69) is 56.3 Å². The van der Waals surface area contributed by atoms with E-state index in [0.717, 1.165) is 53.5 Å². The standard InChI is InChI=1S/C29H33N3O/c1-6-20-10-9-11-21(18-20)28(33)32(5)23-16-14-22(15-17-23)30-26-19-27(29(2,3)4)31-25-13-8-7-12-24(25)26/h1,7-13,18-19,22-23H,14-17H2,2-5H3,(H,30,31). The van der Waals surface area contributed by atoms with Gasteiger partial charge < -0.3 is 10.2 Å². The van der Waals surface area contributed by atoms with Gasteiger partial charge >= 0.3 is 0 Å². The second kappa shape index (κ2) is 9.27. The summed E-state index contributed by atoms with van der Waals surface area (Å²) in [6.07, 6.45) is 9.49. The highest BCUT2D eigenvalue weighted by atomic mass is 16.2. The molecule has 170 valence electrons. The minimum atomic E-state index is -0.0160. The van der Waals surface area contributed by atoms with Crippen molar-refractivity contribution in [1.82, 2.24) is 9.88 Å². The Morgan fingerprint density at radius 1 is 1.06 bits per heavy atom. The molecule has 0 unspecified atom stereocenters. The molecule has 2 aromatic carbocycles. The fourth-order valence-corrected chi connectivity index (χ4v) is 4.62. The first-order chi connectivity index (χ1) is 15.8. The summed E-state index contributed by atoms with van der Waals surface area (Å²) in [5, 5.41) is 4.97. The number of aromatic nitrogens is 1. The maximum atomic E-state index is 13.0. The number of hydrogen-bond acceptors (Lipinski definition) is 3. The molecule has 4 rings (SSSR count). The Bertz CT molecular complexity index is 1190. The van der Waals surface area contributed by atoms with Crippen molar-refractivity contribution in [3.05, 3.63) is 71.4 Å². The van der Waals surface area contributed by atoms with Crippen molar-refractivity contribution >= 4 is 22.5 Å². The fourth-order valence-electron chi connectivity index (χ4n) is 4.62. The molecule has 1 amide bonds. The van der Waals surface area contributed by atoms with Gasteiger partial charge in [-0.25, -0.2) is 0 Å². The van der Waals surface area contributed by atoms with Gasteiger partial charge in [-0.15, -0.1) is 6.42 Å². The predicted octanol–water partition coefficient (Wildman–Crippen LogP) is 6.01. The van der Waals surface area contributed by atoms with Crippen LogP contribution < -0.4 is 5.32 Å². The first kappa shape index (κ1) is 22.9. The van der Waals surface area contributed by atoms with E-state index >= 15 is 0 Å². The number of terminal acetylenes is 1. The summed E-state index contributed by atoms with van der Waals surface area (Å²) in [4.78, 5) is 19.8. The van der Waals surface area contributed by atoms with E-state index in [1.165, 1.54) is 0 Å². The molecule has 0 atom stereocenters. The Hall–Kier alpha value is -3.32. The number of nitrogens with one attached hydrogen (secondary N) is 1. The summed E-state index contributed by atoms with van der Waals surface area (Å²) < 4.78 is 0. The Morgan fingerprint density at radius 2 is 1.79 bits per heavy atom. The zero-order chi connectivity index (χ0) is 23.6. The number of nitrogens with zero attached hydrogens (tertiary/aromatic N) is 2. The lowest BCUT2D eigenvalue weighted by atomic mass is 9.88. The topological polar surface area (TPSA) is 45.2 Å². The van der Waals surface area contributed by atoms with Crippen LogP contribution in [0.3, 0.4) is 0 Å². The minimum absolute atomic E-state index is 0.0160. The molecule has 33 heavy (non-hydrogen) atoms. The molecule has 0 aliphatic heterocycles. The Balaban J connectivity index is 1.45. The highest BCUT2D eigenvalue weighted by Gasteiger charge is 2.28. The van der Waals surface area contributed by atoms with Crippen molar-refractivity contribution in [2.45, 2.75) is 64.0 Å². The van der Waals surface area contributed by atoms with Gasteiger partial charge in [0, 0.05) is 52.4 Å². The summed E-state index contributed by atoms with van der Waals surface area (Å²) >= 11 is 0. The summed E-state index contributed by atoms with van der Waals surface area (Å²) in [5.74, 6) is 2.65. The van der Waals surface area contributed by atoms with Gasteiger partial charge in [-0.2, -0.15) is 0 Å². The van der Waals surface area contributed by atoms with E-state index in [9.17, 15) is 4.79 Å². The van der Waals surface area contributed by atoms with Crippen molar-refractivity contribution in [3.63, 3.8) is 0 Å². The third kappa shape index (κ3) is 5.03. The zero-order valence-electron chi connectivity index (χ0n) is 20.1. The van der Waals surface area contributed by atoms with Crippen LogP contribution >= 0.6 is 0 Å². The van der Waals surface area contributed by atoms with Crippen molar-refractivity contribution in [1.29, 1.82) is 0 Å². The molecule has 0 radical (unpaired) electrons. The van der Waals surface area contributed by atoms with Gasteiger partial charge in [0.2, 0.25) is 0 Å². The van der Waals surface area contributed by atoms with Gasteiger partial charge in [-0.05, 0) is 56.0 Å². The molecule has 1 aliphatic rings. The number of anilines is 1. The maximum Gasteiger partial charge on any atom is 0.253 e. The van der Waals surface area contributed by atoms with E-state index in [-0.39, 0.29) is 17.4 Å². The molecule has 4 heteroatoms. The maximum absolute atomic E-state index is 13.0. The first-order valence-corrected chi connectivity index (χ1v) is 11.8. The first-order valence-electron chi connectivity index (χ1n) is 11.8. The smallest absolute Gasteiger partial charge is 0.253 e.